The van der Waals surface area contributed by atoms with Crippen molar-refractivity contribution in [1.82, 2.24) is 15.0 Å². The van der Waals surface area contributed by atoms with E-state index < -0.39 is 0 Å². The highest BCUT2D eigenvalue weighted by Crippen LogP contribution is 2.27. The van der Waals surface area contributed by atoms with Gasteiger partial charge in [-0.15, -0.1) is 11.3 Å². The Balaban J connectivity index is 1.34. The minimum Gasteiger partial charge on any atom is -0.356 e. The van der Waals surface area contributed by atoms with Gasteiger partial charge >= 0.3 is 0 Å². The molecule has 1 aromatic carbocycles. The van der Waals surface area contributed by atoms with Crippen molar-refractivity contribution in [2.75, 3.05) is 26.2 Å². The van der Waals surface area contributed by atoms with Gasteiger partial charge in [0.2, 0.25) is 0 Å². The molecule has 1 aliphatic rings. The maximum atomic E-state index is 13.1. The second-order valence-electron chi connectivity index (χ2n) is 6.85. The molecule has 3 aromatic rings. The lowest BCUT2D eigenvalue weighted by molar-refractivity contribution is 0.120. The van der Waals surface area contributed by atoms with Crippen LogP contribution >= 0.6 is 22.9 Å². The van der Waals surface area contributed by atoms with Crippen molar-refractivity contribution in [2.24, 2.45) is 0 Å². The Kier molecular flexibility index (Phi) is 5.59. The molecule has 0 atom stereocenters. The fraction of sp³-hybridized carbons (Fsp3) is 0.350. The Bertz CT molecular complexity index is 900. The van der Waals surface area contributed by atoms with Crippen molar-refractivity contribution >= 4 is 22.9 Å². The molecule has 0 bridgehead atoms. The molecular weight excluding hydrogens is 385 g/mol. The average molecular weight is 406 g/mol. The van der Waals surface area contributed by atoms with Crippen LogP contribution in [0.2, 0.25) is 4.34 Å². The minimum atomic E-state index is -0.251. The summed E-state index contributed by atoms with van der Waals surface area (Å²) in [6.07, 6.45) is 0. The fourth-order valence-electron chi connectivity index (χ4n) is 3.36. The smallest absolute Gasteiger partial charge is 0.170 e. The van der Waals surface area contributed by atoms with Crippen LogP contribution in [-0.2, 0) is 13.1 Å². The molecule has 0 N–H and O–H groups in total. The predicted molar refractivity (Wildman–Crippen MR) is 107 cm³/mol. The zero-order valence-corrected chi connectivity index (χ0v) is 16.7. The van der Waals surface area contributed by atoms with Gasteiger partial charge in [0, 0.05) is 55.3 Å². The number of halogens is 2. The van der Waals surface area contributed by atoms with Crippen molar-refractivity contribution in [3.8, 4) is 11.3 Å². The van der Waals surface area contributed by atoms with Gasteiger partial charge in [-0.1, -0.05) is 16.8 Å². The Morgan fingerprint density at radius 1 is 1.04 bits per heavy atom. The van der Waals surface area contributed by atoms with Gasteiger partial charge in [-0.3, -0.25) is 9.80 Å². The van der Waals surface area contributed by atoms with E-state index in [0.29, 0.717) is 0 Å². The maximum absolute atomic E-state index is 13.1. The van der Waals surface area contributed by atoms with Crippen molar-refractivity contribution < 1.29 is 8.91 Å². The average Bonchev–Trinajstić information content (AvgIpc) is 3.23. The number of nitrogens with zero attached hydrogens (tertiary/aromatic N) is 3. The third-order valence-electron chi connectivity index (χ3n) is 4.97. The lowest BCUT2D eigenvalue weighted by Crippen LogP contribution is -2.45. The first-order valence-corrected chi connectivity index (χ1v) is 10.2. The first kappa shape index (κ1) is 18.6. The van der Waals surface area contributed by atoms with Crippen LogP contribution in [0, 0.1) is 12.7 Å². The summed E-state index contributed by atoms with van der Waals surface area (Å²) < 4.78 is 19.5. The summed E-state index contributed by atoms with van der Waals surface area (Å²) >= 11 is 7.67. The van der Waals surface area contributed by atoms with E-state index in [1.807, 2.05) is 13.0 Å². The number of hydrogen-bond acceptors (Lipinski definition) is 5. The summed E-state index contributed by atoms with van der Waals surface area (Å²) in [6.45, 7) is 7.79. The van der Waals surface area contributed by atoms with Gasteiger partial charge in [0.05, 0.1) is 4.34 Å². The molecule has 1 saturated heterocycles. The molecule has 4 nitrogen and oxygen atoms in total. The molecule has 4 rings (SSSR count). The molecule has 0 aliphatic carbocycles. The zero-order valence-electron chi connectivity index (χ0n) is 15.1. The molecule has 0 amide bonds. The monoisotopic (exact) mass is 405 g/mol. The van der Waals surface area contributed by atoms with E-state index in [0.717, 1.165) is 66.2 Å². The summed E-state index contributed by atoms with van der Waals surface area (Å²) in [5.41, 5.74) is 2.83. The van der Waals surface area contributed by atoms with Gasteiger partial charge in [0.15, 0.2) is 5.76 Å². The van der Waals surface area contributed by atoms with E-state index in [4.69, 9.17) is 16.1 Å². The Morgan fingerprint density at radius 2 is 1.70 bits per heavy atom. The van der Waals surface area contributed by atoms with Crippen LogP contribution in [0.1, 0.15) is 16.1 Å². The number of thiophene rings is 1. The number of piperazine rings is 1. The Hall–Kier alpha value is -1.73. The maximum Gasteiger partial charge on any atom is 0.170 e. The van der Waals surface area contributed by atoms with Crippen LogP contribution in [0.5, 0.6) is 0 Å². The van der Waals surface area contributed by atoms with Gasteiger partial charge in [-0.2, -0.15) is 0 Å². The molecule has 0 unspecified atom stereocenters. The Morgan fingerprint density at radius 3 is 2.33 bits per heavy atom. The SMILES string of the molecule is Cc1c(CN2CCN(Cc3ccc(Cl)s3)CC2)noc1-c1ccc(F)cc1. The molecule has 0 saturated carbocycles. The van der Waals surface area contributed by atoms with Crippen molar-refractivity contribution in [3.63, 3.8) is 0 Å². The standard InChI is InChI=1S/C20H21ClFN3OS/c1-14-18(23-26-20(14)15-2-4-16(22)5-3-15)13-25-10-8-24(9-11-25)12-17-6-7-19(21)27-17/h2-7H,8-13H2,1H3. The van der Waals surface area contributed by atoms with Crippen molar-refractivity contribution in [3.05, 3.63) is 62.7 Å². The van der Waals surface area contributed by atoms with E-state index in [1.54, 1.807) is 23.5 Å². The summed E-state index contributed by atoms with van der Waals surface area (Å²) in [4.78, 5) is 6.17. The highest BCUT2D eigenvalue weighted by molar-refractivity contribution is 7.16. The summed E-state index contributed by atoms with van der Waals surface area (Å²) in [5.74, 6) is 0.469. The van der Waals surface area contributed by atoms with Crippen LogP contribution in [0.3, 0.4) is 0 Å². The topological polar surface area (TPSA) is 32.5 Å². The highest BCUT2D eigenvalue weighted by atomic mass is 35.5. The largest absolute Gasteiger partial charge is 0.356 e. The second kappa shape index (κ2) is 8.10. The van der Waals surface area contributed by atoms with E-state index in [2.05, 4.69) is 21.0 Å². The van der Waals surface area contributed by atoms with Crippen molar-refractivity contribution in [2.45, 2.75) is 20.0 Å². The molecule has 1 fully saturated rings. The molecule has 3 heterocycles. The highest BCUT2D eigenvalue weighted by Gasteiger charge is 2.21. The van der Waals surface area contributed by atoms with E-state index >= 15 is 0 Å². The second-order valence-corrected chi connectivity index (χ2v) is 8.65. The number of rotatable bonds is 5. The van der Waals surface area contributed by atoms with Gasteiger partial charge in [-0.25, -0.2) is 4.39 Å². The van der Waals surface area contributed by atoms with Crippen LogP contribution in [0.15, 0.2) is 40.9 Å². The minimum absolute atomic E-state index is 0.251. The fourth-order valence-corrected chi connectivity index (χ4v) is 4.49. The van der Waals surface area contributed by atoms with Gasteiger partial charge in [0.25, 0.3) is 0 Å². The zero-order chi connectivity index (χ0) is 18.8. The molecule has 1 aliphatic heterocycles. The van der Waals surface area contributed by atoms with Crippen LogP contribution < -0.4 is 0 Å². The molecule has 0 spiro atoms. The first-order valence-electron chi connectivity index (χ1n) is 8.98. The molecular formula is C20H21ClFN3OS. The van der Waals surface area contributed by atoms with Gasteiger partial charge in [0.1, 0.15) is 11.5 Å². The lowest BCUT2D eigenvalue weighted by atomic mass is 10.1. The Labute approximate surface area is 167 Å². The first-order chi connectivity index (χ1) is 13.1. The molecule has 2 aromatic heterocycles. The van der Waals surface area contributed by atoms with E-state index in [1.165, 1.54) is 17.0 Å². The molecule has 0 radical (unpaired) electrons. The number of aromatic nitrogens is 1. The lowest BCUT2D eigenvalue weighted by Gasteiger charge is -2.34. The molecule has 7 heteroatoms. The third-order valence-corrected chi connectivity index (χ3v) is 6.19. The van der Waals surface area contributed by atoms with Crippen LogP contribution in [-0.4, -0.2) is 41.1 Å². The predicted octanol–water partition coefficient (Wildman–Crippen LogP) is 4.82. The number of benzene rings is 1. The van der Waals surface area contributed by atoms with E-state index in [-0.39, 0.29) is 5.82 Å². The third kappa shape index (κ3) is 4.41. The van der Waals surface area contributed by atoms with Crippen LogP contribution in [0.25, 0.3) is 11.3 Å². The van der Waals surface area contributed by atoms with Gasteiger partial charge in [-0.05, 0) is 43.3 Å². The van der Waals surface area contributed by atoms with Gasteiger partial charge < -0.3 is 4.52 Å². The van der Waals surface area contributed by atoms with E-state index in [9.17, 15) is 4.39 Å². The normalized spacial score (nSPS) is 16.1. The summed E-state index contributed by atoms with van der Waals surface area (Å²) in [7, 11) is 0. The quantitative estimate of drug-likeness (QED) is 0.609. The molecule has 142 valence electrons. The number of hydrogen-bond donors (Lipinski definition) is 0. The molecule has 27 heavy (non-hydrogen) atoms. The van der Waals surface area contributed by atoms with Crippen LogP contribution in [0.4, 0.5) is 4.39 Å². The summed E-state index contributed by atoms with van der Waals surface area (Å²) in [5, 5.41) is 4.26. The summed E-state index contributed by atoms with van der Waals surface area (Å²) in [6, 6.07) is 10.4. The van der Waals surface area contributed by atoms with Crippen molar-refractivity contribution in [1.29, 1.82) is 0 Å².